The van der Waals surface area contributed by atoms with Crippen LogP contribution in [0.25, 0.3) is 0 Å². The Hall–Kier alpha value is -0.390. The Morgan fingerprint density at radius 3 is 2.69 bits per heavy atom. The smallest absolute Gasteiger partial charge is 0.191 e. The van der Waals surface area contributed by atoms with Gasteiger partial charge in [0.2, 0.25) is 0 Å². The Bertz CT molecular complexity index is 338. The predicted octanol–water partition coefficient (Wildman–Crippen LogP) is 1.26. The van der Waals surface area contributed by atoms with Crippen molar-refractivity contribution in [2.45, 2.75) is 22.8 Å². The largest absolute Gasteiger partial charge is 0.329 e. The molecule has 0 amide bonds. The summed E-state index contributed by atoms with van der Waals surface area (Å²) >= 11 is 1.25. The lowest BCUT2D eigenvalue weighted by atomic mass is 10.3. The predicted molar refractivity (Wildman–Crippen MR) is 54.6 cm³/mol. The van der Waals surface area contributed by atoms with Crippen LogP contribution in [-0.4, -0.2) is 20.2 Å². The summed E-state index contributed by atoms with van der Waals surface area (Å²) in [4.78, 5) is 0. The molecule has 5 heteroatoms. The number of sulfone groups is 1. The van der Waals surface area contributed by atoms with Gasteiger partial charge in [0.15, 0.2) is 9.84 Å². The molecule has 13 heavy (non-hydrogen) atoms. The van der Waals surface area contributed by atoms with E-state index in [-0.39, 0.29) is 6.54 Å². The second kappa shape index (κ2) is 4.21. The lowest BCUT2D eigenvalue weighted by Gasteiger charge is -2.11. The molecule has 1 unspecified atom stereocenters. The van der Waals surface area contributed by atoms with Gasteiger partial charge < -0.3 is 5.73 Å². The highest BCUT2D eigenvalue weighted by Crippen LogP contribution is 2.22. The molecule has 0 aliphatic carbocycles. The molecule has 0 saturated carbocycles. The van der Waals surface area contributed by atoms with Crippen LogP contribution < -0.4 is 5.73 Å². The van der Waals surface area contributed by atoms with E-state index in [9.17, 15) is 8.42 Å². The maximum absolute atomic E-state index is 11.8. The molecular formula is C8H13NO2S2. The van der Waals surface area contributed by atoms with Crippen LogP contribution in [0.5, 0.6) is 0 Å². The first kappa shape index (κ1) is 10.7. The number of hydrogen-bond donors (Lipinski definition) is 1. The lowest BCUT2D eigenvalue weighted by molar-refractivity contribution is 0.578. The first-order valence-corrected chi connectivity index (χ1v) is 6.53. The van der Waals surface area contributed by atoms with Gasteiger partial charge in [-0.15, -0.1) is 11.3 Å². The van der Waals surface area contributed by atoms with Crippen molar-refractivity contribution in [2.24, 2.45) is 5.73 Å². The van der Waals surface area contributed by atoms with Gasteiger partial charge in [-0.05, 0) is 17.9 Å². The third-order valence-electron chi connectivity index (χ3n) is 1.93. The molecule has 0 saturated heterocycles. The van der Waals surface area contributed by atoms with E-state index in [2.05, 4.69) is 0 Å². The summed E-state index contributed by atoms with van der Waals surface area (Å²) in [5.41, 5.74) is 5.40. The van der Waals surface area contributed by atoms with E-state index >= 15 is 0 Å². The SMILES string of the molecule is CCC(CN)S(=O)(=O)c1cccs1. The summed E-state index contributed by atoms with van der Waals surface area (Å²) in [6, 6.07) is 3.36. The van der Waals surface area contributed by atoms with Crippen LogP contribution in [0.4, 0.5) is 0 Å². The highest BCUT2D eigenvalue weighted by Gasteiger charge is 2.25. The molecule has 0 fully saturated rings. The number of nitrogens with two attached hydrogens (primary N) is 1. The molecule has 1 aromatic rings. The Kier molecular flexibility index (Phi) is 3.47. The monoisotopic (exact) mass is 219 g/mol. The number of thiophene rings is 1. The van der Waals surface area contributed by atoms with Crippen molar-refractivity contribution in [3.63, 3.8) is 0 Å². The van der Waals surface area contributed by atoms with Crippen molar-refractivity contribution in [3.05, 3.63) is 17.5 Å². The fraction of sp³-hybridized carbons (Fsp3) is 0.500. The molecule has 0 spiro atoms. The van der Waals surface area contributed by atoms with E-state index in [0.29, 0.717) is 10.6 Å². The molecule has 1 heterocycles. The van der Waals surface area contributed by atoms with E-state index in [0.717, 1.165) is 0 Å². The molecule has 0 radical (unpaired) electrons. The van der Waals surface area contributed by atoms with Crippen molar-refractivity contribution in [1.29, 1.82) is 0 Å². The first-order chi connectivity index (χ1) is 6.12. The second-order valence-electron chi connectivity index (χ2n) is 2.74. The molecule has 0 bridgehead atoms. The molecule has 0 aromatic carbocycles. The second-order valence-corrected chi connectivity index (χ2v) is 6.15. The molecule has 3 nitrogen and oxygen atoms in total. The van der Waals surface area contributed by atoms with Gasteiger partial charge in [-0.25, -0.2) is 8.42 Å². The van der Waals surface area contributed by atoms with Crippen LogP contribution in [-0.2, 0) is 9.84 Å². The minimum Gasteiger partial charge on any atom is -0.329 e. The van der Waals surface area contributed by atoms with Gasteiger partial charge in [0.25, 0.3) is 0 Å². The van der Waals surface area contributed by atoms with Crippen molar-refractivity contribution < 1.29 is 8.42 Å². The van der Waals surface area contributed by atoms with Gasteiger partial charge in [0.05, 0.1) is 5.25 Å². The van der Waals surface area contributed by atoms with Gasteiger partial charge in [0.1, 0.15) is 4.21 Å². The van der Waals surface area contributed by atoms with Crippen molar-refractivity contribution in [1.82, 2.24) is 0 Å². The van der Waals surface area contributed by atoms with Crippen LogP contribution >= 0.6 is 11.3 Å². The van der Waals surface area contributed by atoms with Gasteiger partial charge in [-0.3, -0.25) is 0 Å². The molecular weight excluding hydrogens is 206 g/mol. The molecule has 74 valence electrons. The van der Waals surface area contributed by atoms with Crippen molar-refractivity contribution in [3.8, 4) is 0 Å². The van der Waals surface area contributed by atoms with Gasteiger partial charge >= 0.3 is 0 Å². The lowest BCUT2D eigenvalue weighted by Crippen LogP contribution is -2.28. The quantitative estimate of drug-likeness (QED) is 0.829. The maximum atomic E-state index is 11.8. The minimum atomic E-state index is -3.16. The third-order valence-corrected chi connectivity index (χ3v) is 5.68. The summed E-state index contributed by atoms with van der Waals surface area (Å²) in [6.45, 7) is 2.03. The van der Waals surface area contributed by atoms with Crippen LogP contribution in [0.1, 0.15) is 13.3 Å². The summed E-state index contributed by atoms with van der Waals surface area (Å²) in [7, 11) is -3.16. The Morgan fingerprint density at radius 2 is 2.31 bits per heavy atom. The van der Waals surface area contributed by atoms with Gasteiger partial charge in [-0.1, -0.05) is 13.0 Å². The Labute approximate surface area is 82.5 Å². The average Bonchev–Trinajstić information content (AvgIpc) is 2.58. The van der Waals surface area contributed by atoms with Crippen molar-refractivity contribution in [2.75, 3.05) is 6.54 Å². The molecule has 1 aromatic heterocycles. The van der Waals surface area contributed by atoms with E-state index in [1.165, 1.54) is 11.3 Å². The molecule has 0 aliphatic heterocycles. The van der Waals surface area contributed by atoms with Crippen LogP contribution in [0, 0.1) is 0 Å². The number of hydrogen-bond acceptors (Lipinski definition) is 4. The zero-order chi connectivity index (χ0) is 9.90. The van der Waals surface area contributed by atoms with E-state index in [1.54, 1.807) is 17.5 Å². The van der Waals surface area contributed by atoms with Crippen LogP contribution in [0.3, 0.4) is 0 Å². The molecule has 1 rings (SSSR count). The van der Waals surface area contributed by atoms with Crippen molar-refractivity contribution >= 4 is 21.2 Å². The number of rotatable bonds is 4. The normalized spacial score (nSPS) is 14.3. The summed E-state index contributed by atoms with van der Waals surface area (Å²) in [5, 5.41) is 1.32. The molecule has 2 N–H and O–H groups in total. The Balaban J connectivity index is 3.02. The fourth-order valence-corrected chi connectivity index (χ4v) is 3.95. The minimum absolute atomic E-state index is 0.191. The summed E-state index contributed by atoms with van der Waals surface area (Å²) in [6.07, 6.45) is 0.566. The van der Waals surface area contributed by atoms with Crippen LogP contribution in [0.15, 0.2) is 21.7 Å². The highest BCUT2D eigenvalue weighted by molar-refractivity contribution is 7.94. The topological polar surface area (TPSA) is 60.2 Å². The average molecular weight is 219 g/mol. The standard InChI is InChI=1S/C8H13NO2S2/c1-2-7(6-9)13(10,11)8-4-3-5-12-8/h3-5,7H,2,6,9H2,1H3. The zero-order valence-corrected chi connectivity index (χ0v) is 9.07. The van der Waals surface area contributed by atoms with Gasteiger partial charge in [-0.2, -0.15) is 0 Å². The van der Waals surface area contributed by atoms with E-state index in [1.807, 2.05) is 6.92 Å². The Morgan fingerprint density at radius 1 is 1.62 bits per heavy atom. The van der Waals surface area contributed by atoms with Crippen LogP contribution in [0.2, 0.25) is 0 Å². The third kappa shape index (κ3) is 2.10. The fourth-order valence-electron chi connectivity index (χ4n) is 1.10. The highest BCUT2D eigenvalue weighted by atomic mass is 32.2. The molecule has 1 atom stereocenters. The maximum Gasteiger partial charge on any atom is 0.191 e. The first-order valence-electron chi connectivity index (χ1n) is 4.10. The van der Waals surface area contributed by atoms with E-state index in [4.69, 9.17) is 5.73 Å². The molecule has 0 aliphatic rings. The summed E-state index contributed by atoms with van der Waals surface area (Å²) in [5.74, 6) is 0. The van der Waals surface area contributed by atoms with E-state index < -0.39 is 15.1 Å². The van der Waals surface area contributed by atoms with Gasteiger partial charge in [0, 0.05) is 6.54 Å². The zero-order valence-electron chi connectivity index (χ0n) is 7.43. The summed E-state index contributed by atoms with van der Waals surface area (Å²) < 4.78 is 24.0.